The molecule has 3 aromatic carbocycles. The van der Waals surface area contributed by atoms with Crippen molar-refractivity contribution in [3.8, 4) is 0 Å². The molecular weight excluding hydrogens is 488 g/mol. The predicted octanol–water partition coefficient (Wildman–Crippen LogP) is 5.72. The van der Waals surface area contributed by atoms with Gasteiger partial charge in [-0.05, 0) is 44.5 Å². The Morgan fingerprint density at radius 3 is 1.28 bits per heavy atom. The van der Waals surface area contributed by atoms with Crippen LogP contribution in [-0.4, -0.2) is 26.2 Å². The van der Waals surface area contributed by atoms with Gasteiger partial charge in [-0.3, -0.25) is 0 Å². The normalized spacial score (nSPS) is 35.3. The van der Waals surface area contributed by atoms with Crippen LogP contribution in [0.15, 0.2) is 71.8 Å². The first-order valence-corrected chi connectivity index (χ1v) is 13.6. The Labute approximate surface area is 227 Å². The molecule has 3 aromatic rings. The van der Waals surface area contributed by atoms with E-state index < -0.39 is 24.1 Å². The van der Waals surface area contributed by atoms with Gasteiger partial charge >= 0.3 is 11.9 Å². The fourth-order valence-corrected chi connectivity index (χ4v) is 9.84. The highest BCUT2D eigenvalue weighted by molar-refractivity contribution is 6.04. The molecule has 39 heavy (non-hydrogen) atoms. The summed E-state index contributed by atoms with van der Waals surface area (Å²) in [5.74, 6) is -1.10. The number of carbonyl (C=O) groups is 2. The Morgan fingerprint density at radius 2 is 0.949 bits per heavy atom. The maximum atomic E-state index is 12.9. The highest BCUT2D eigenvalue weighted by Crippen LogP contribution is 2.82. The molecule has 5 aliphatic rings. The van der Waals surface area contributed by atoms with Crippen LogP contribution in [0.1, 0.15) is 84.4 Å². The van der Waals surface area contributed by atoms with E-state index in [-0.39, 0.29) is 32.8 Å². The number of fused-ring (bicyclic) bond motifs is 14. The summed E-state index contributed by atoms with van der Waals surface area (Å²) in [6, 6.07) is 22.4. The van der Waals surface area contributed by atoms with Crippen LogP contribution >= 0.6 is 0 Å². The molecule has 8 rings (SSSR count). The van der Waals surface area contributed by atoms with Crippen LogP contribution in [0.4, 0.5) is 0 Å². The standard InChI is InChI=1S/C34H30O5/c1-31-19-11-7-9-13-21(19)32(2)23-15-17-18(28-26(30(36)38-6)25(27(17)39-28)29(35)37-5)16-24(23)33(3,34(31,32)4)22-14-10-8-12-20(22)31/h7-16,27-28H,1-6H3/t27-,28+,31?,32+,33-,34?. The second-order valence-corrected chi connectivity index (χ2v) is 12.3. The van der Waals surface area contributed by atoms with Crippen molar-refractivity contribution in [1.82, 2.24) is 0 Å². The summed E-state index contributed by atoms with van der Waals surface area (Å²) in [6.07, 6.45) is -1.31. The van der Waals surface area contributed by atoms with Crippen molar-refractivity contribution < 1.29 is 23.8 Å². The summed E-state index contributed by atoms with van der Waals surface area (Å²) < 4.78 is 16.5. The van der Waals surface area contributed by atoms with Gasteiger partial charge in [0.25, 0.3) is 0 Å². The van der Waals surface area contributed by atoms with Crippen LogP contribution in [0.3, 0.4) is 0 Å². The molecule has 0 N–H and O–H groups in total. The van der Waals surface area contributed by atoms with Gasteiger partial charge in [0.1, 0.15) is 12.2 Å². The predicted molar refractivity (Wildman–Crippen MR) is 144 cm³/mol. The van der Waals surface area contributed by atoms with Gasteiger partial charge in [0.05, 0.1) is 25.4 Å². The van der Waals surface area contributed by atoms with Gasteiger partial charge in [-0.2, -0.15) is 0 Å². The molecule has 0 fully saturated rings. The number of ether oxygens (including phenoxy) is 3. The number of rotatable bonds is 2. The molecule has 5 heteroatoms. The monoisotopic (exact) mass is 518 g/mol. The van der Waals surface area contributed by atoms with E-state index in [0.717, 1.165) is 11.1 Å². The third-order valence-electron chi connectivity index (χ3n) is 11.8. The second kappa shape index (κ2) is 6.71. The third-order valence-corrected chi connectivity index (χ3v) is 11.8. The zero-order chi connectivity index (χ0) is 27.3. The molecule has 0 radical (unpaired) electrons. The van der Waals surface area contributed by atoms with Gasteiger partial charge in [-0.25, -0.2) is 9.59 Å². The fraction of sp³-hybridized carbons (Fsp3) is 0.353. The molecular formula is C34H30O5. The van der Waals surface area contributed by atoms with Gasteiger partial charge in [0.2, 0.25) is 0 Å². The zero-order valence-corrected chi connectivity index (χ0v) is 23.0. The van der Waals surface area contributed by atoms with Crippen molar-refractivity contribution in [3.05, 3.63) is 116 Å². The molecule has 0 saturated carbocycles. The minimum absolute atomic E-state index is 0.193. The second-order valence-electron chi connectivity index (χ2n) is 12.3. The number of hydrogen-bond donors (Lipinski definition) is 0. The molecule has 6 atom stereocenters. The van der Waals surface area contributed by atoms with Gasteiger partial charge in [0.15, 0.2) is 0 Å². The lowest BCUT2D eigenvalue weighted by atomic mass is 9.52. The average molecular weight is 519 g/mol. The van der Waals surface area contributed by atoms with E-state index in [1.54, 1.807) is 0 Å². The highest BCUT2D eigenvalue weighted by Gasteiger charge is 2.79. The van der Waals surface area contributed by atoms with Crippen LogP contribution in [0.5, 0.6) is 0 Å². The number of hydrogen-bond acceptors (Lipinski definition) is 5. The van der Waals surface area contributed by atoms with E-state index in [9.17, 15) is 9.59 Å². The molecule has 3 aliphatic carbocycles. The number of carbonyl (C=O) groups excluding carboxylic acids is 2. The van der Waals surface area contributed by atoms with Gasteiger partial charge < -0.3 is 14.2 Å². The van der Waals surface area contributed by atoms with Gasteiger partial charge in [0, 0.05) is 21.7 Å². The summed E-state index contributed by atoms with van der Waals surface area (Å²) in [5.41, 5.74) is 9.46. The minimum Gasteiger partial charge on any atom is -0.466 e. The van der Waals surface area contributed by atoms with Crippen LogP contribution in [0, 0.1) is 5.41 Å². The van der Waals surface area contributed by atoms with Crippen LogP contribution in [-0.2, 0) is 40.0 Å². The maximum Gasteiger partial charge on any atom is 0.337 e. The Bertz CT molecular complexity index is 1610. The van der Waals surface area contributed by atoms with E-state index in [1.807, 2.05) is 0 Å². The van der Waals surface area contributed by atoms with Crippen molar-refractivity contribution in [2.24, 2.45) is 5.41 Å². The number of benzene rings is 3. The first kappa shape index (κ1) is 23.2. The van der Waals surface area contributed by atoms with E-state index in [4.69, 9.17) is 14.2 Å². The van der Waals surface area contributed by atoms with E-state index in [0.29, 0.717) is 0 Å². The quantitative estimate of drug-likeness (QED) is 0.406. The lowest BCUT2D eigenvalue weighted by molar-refractivity contribution is -0.139. The molecule has 2 bridgehead atoms. The maximum absolute atomic E-state index is 12.9. The van der Waals surface area contributed by atoms with Crippen molar-refractivity contribution in [3.63, 3.8) is 0 Å². The SMILES string of the molecule is COC(=O)C1=C(C(=O)OC)[C@@H]2O[C@H]1c1cc3c(cc12)[C@]1(C)c2ccccc2C2(C)c4ccccc4[C@@]3(C)C21C. The topological polar surface area (TPSA) is 61.8 Å². The first-order valence-electron chi connectivity index (χ1n) is 13.6. The lowest BCUT2D eigenvalue weighted by Gasteiger charge is -2.49. The van der Waals surface area contributed by atoms with E-state index in [2.05, 4.69) is 88.4 Å². The lowest BCUT2D eigenvalue weighted by Crippen LogP contribution is -2.51. The van der Waals surface area contributed by atoms with Crippen LogP contribution in [0.25, 0.3) is 0 Å². The molecule has 0 amide bonds. The third kappa shape index (κ3) is 2.01. The van der Waals surface area contributed by atoms with Crippen molar-refractivity contribution in [2.45, 2.75) is 56.1 Å². The smallest absolute Gasteiger partial charge is 0.337 e. The number of esters is 2. The molecule has 2 unspecified atom stereocenters. The van der Waals surface area contributed by atoms with Gasteiger partial charge in [-0.15, -0.1) is 0 Å². The molecule has 0 saturated heterocycles. The molecule has 196 valence electrons. The highest BCUT2D eigenvalue weighted by atomic mass is 16.5. The molecule has 5 nitrogen and oxygen atoms in total. The van der Waals surface area contributed by atoms with Crippen molar-refractivity contribution in [2.75, 3.05) is 14.2 Å². The van der Waals surface area contributed by atoms with E-state index in [1.165, 1.54) is 47.6 Å². The Hall–Kier alpha value is -3.70. The van der Waals surface area contributed by atoms with Crippen molar-refractivity contribution >= 4 is 11.9 Å². The number of methoxy groups -OCH3 is 2. The van der Waals surface area contributed by atoms with Crippen molar-refractivity contribution in [1.29, 1.82) is 0 Å². The molecule has 0 aromatic heterocycles. The first-order chi connectivity index (χ1) is 18.6. The summed E-state index contributed by atoms with van der Waals surface area (Å²) in [7, 11) is 2.66. The van der Waals surface area contributed by atoms with Crippen LogP contribution in [0.2, 0.25) is 0 Å². The van der Waals surface area contributed by atoms with Gasteiger partial charge in [-0.1, -0.05) is 88.4 Å². The Morgan fingerprint density at radius 1 is 0.615 bits per heavy atom. The Kier molecular flexibility index (Phi) is 3.99. The molecule has 2 heterocycles. The van der Waals surface area contributed by atoms with Crippen LogP contribution < -0.4 is 0 Å². The molecule has 2 aliphatic heterocycles. The molecule has 0 spiro atoms. The largest absolute Gasteiger partial charge is 0.466 e. The zero-order valence-electron chi connectivity index (χ0n) is 23.0. The fourth-order valence-electron chi connectivity index (χ4n) is 9.84. The summed E-state index contributed by atoms with van der Waals surface area (Å²) in [4.78, 5) is 25.8. The summed E-state index contributed by atoms with van der Waals surface area (Å²) >= 11 is 0. The minimum atomic E-state index is -0.656. The van der Waals surface area contributed by atoms with E-state index >= 15 is 0 Å². The average Bonchev–Trinajstić information content (AvgIpc) is 3.65. The summed E-state index contributed by atoms with van der Waals surface area (Å²) in [6.45, 7) is 9.72. The summed E-state index contributed by atoms with van der Waals surface area (Å²) in [5, 5.41) is 0. The Balaban J connectivity index is 1.47.